The molecule has 1 aromatic carbocycles. The van der Waals surface area contributed by atoms with Crippen molar-refractivity contribution in [2.75, 3.05) is 31.1 Å². The van der Waals surface area contributed by atoms with E-state index in [0.29, 0.717) is 13.1 Å². The van der Waals surface area contributed by atoms with Gasteiger partial charge in [0.2, 0.25) is 10.0 Å². The van der Waals surface area contributed by atoms with Gasteiger partial charge in [-0.3, -0.25) is 4.79 Å². The quantitative estimate of drug-likeness (QED) is 0.696. The van der Waals surface area contributed by atoms with E-state index in [2.05, 4.69) is 29.0 Å². The number of amides is 1. The zero-order valence-electron chi connectivity index (χ0n) is 17.7. The maximum atomic E-state index is 13.1. The smallest absolute Gasteiger partial charge is 0.252 e. The van der Waals surface area contributed by atoms with Gasteiger partial charge in [-0.2, -0.15) is 4.31 Å². The monoisotopic (exact) mass is 430 g/mol. The molecular formula is C22H30N4O3S. The first-order valence-corrected chi connectivity index (χ1v) is 12.0. The summed E-state index contributed by atoms with van der Waals surface area (Å²) in [7, 11) is -3.69. The molecule has 3 rings (SSSR count). The number of hydrogen-bond acceptors (Lipinski definition) is 5. The first-order valence-electron chi connectivity index (χ1n) is 10.5. The van der Waals surface area contributed by atoms with E-state index in [1.165, 1.54) is 10.4 Å². The zero-order chi connectivity index (χ0) is 21.6. The highest BCUT2D eigenvalue weighted by molar-refractivity contribution is 7.89. The first-order chi connectivity index (χ1) is 14.5. The van der Waals surface area contributed by atoms with Crippen molar-refractivity contribution >= 4 is 21.7 Å². The Morgan fingerprint density at radius 1 is 1.07 bits per heavy atom. The van der Waals surface area contributed by atoms with Gasteiger partial charge in [-0.15, -0.1) is 0 Å². The number of hydrogen-bond donors (Lipinski definition) is 1. The van der Waals surface area contributed by atoms with Gasteiger partial charge in [-0.1, -0.05) is 24.6 Å². The van der Waals surface area contributed by atoms with Crippen molar-refractivity contribution in [1.82, 2.24) is 14.6 Å². The average Bonchev–Trinajstić information content (AvgIpc) is 2.79. The van der Waals surface area contributed by atoms with Crippen LogP contribution in [0, 0.1) is 0 Å². The lowest BCUT2D eigenvalue weighted by atomic mass is 10.2. The molecule has 1 N–H and O–H groups in total. The maximum absolute atomic E-state index is 13.1. The third-order valence-corrected chi connectivity index (χ3v) is 7.37. The predicted molar refractivity (Wildman–Crippen MR) is 118 cm³/mol. The van der Waals surface area contributed by atoms with Crippen LogP contribution >= 0.6 is 0 Å². The molecule has 0 atom stereocenters. The molecule has 0 radical (unpaired) electrons. The van der Waals surface area contributed by atoms with Gasteiger partial charge in [0.05, 0.1) is 10.5 Å². The summed E-state index contributed by atoms with van der Waals surface area (Å²) in [5.74, 6) is 0.493. The fourth-order valence-electron chi connectivity index (χ4n) is 3.66. The SMILES string of the molecule is CCN(CC)c1ccc(CNC(=O)c2ccccc2S(=O)(=O)N2CCCCC2)cn1. The number of pyridine rings is 1. The zero-order valence-corrected chi connectivity index (χ0v) is 18.5. The lowest BCUT2D eigenvalue weighted by molar-refractivity contribution is 0.0947. The van der Waals surface area contributed by atoms with Gasteiger partial charge >= 0.3 is 0 Å². The number of rotatable bonds is 8. The summed E-state index contributed by atoms with van der Waals surface area (Å²) in [4.78, 5) is 19.5. The van der Waals surface area contributed by atoms with Crippen LogP contribution in [0.5, 0.6) is 0 Å². The van der Waals surface area contributed by atoms with E-state index in [1.807, 2.05) is 12.1 Å². The molecule has 0 aliphatic carbocycles. The van der Waals surface area contributed by atoms with Crippen molar-refractivity contribution in [3.8, 4) is 0 Å². The Morgan fingerprint density at radius 3 is 2.40 bits per heavy atom. The third kappa shape index (κ3) is 4.99. The van der Waals surface area contributed by atoms with Crippen molar-refractivity contribution < 1.29 is 13.2 Å². The minimum Gasteiger partial charge on any atom is -0.357 e. The molecule has 1 saturated heterocycles. The van der Waals surface area contributed by atoms with Crippen molar-refractivity contribution in [3.05, 3.63) is 53.7 Å². The lowest BCUT2D eigenvalue weighted by Gasteiger charge is -2.26. The highest BCUT2D eigenvalue weighted by Crippen LogP contribution is 2.23. The van der Waals surface area contributed by atoms with Crippen LogP contribution in [-0.4, -0.2) is 49.8 Å². The second-order valence-corrected chi connectivity index (χ2v) is 9.25. The van der Waals surface area contributed by atoms with Crippen LogP contribution in [0.4, 0.5) is 5.82 Å². The molecule has 1 fully saturated rings. The number of nitrogens with zero attached hydrogens (tertiary/aromatic N) is 3. The Labute approximate surface area is 179 Å². The summed E-state index contributed by atoms with van der Waals surface area (Å²) in [5.41, 5.74) is 1.03. The molecule has 7 nitrogen and oxygen atoms in total. The third-order valence-electron chi connectivity index (χ3n) is 5.41. The van der Waals surface area contributed by atoms with Gasteiger partial charge in [0, 0.05) is 38.9 Å². The molecule has 1 aliphatic heterocycles. The Kier molecular flexibility index (Phi) is 7.44. The maximum Gasteiger partial charge on any atom is 0.252 e. The highest BCUT2D eigenvalue weighted by Gasteiger charge is 2.29. The van der Waals surface area contributed by atoms with Crippen molar-refractivity contribution in [1.29, 1.82) is 0 Å². The number of sulfonamides is 1. The van der Waals surface area contributed by atoms with Crippen LogP contribution in [-0.2, 0) is 16.6 Å². The first kappa shape index (κ1) is 22.2. The summed E-state index contributed by atoms with van der Waals surface area (Å²) in [5, 5.41) is 2.83. The number of benzene rings is 1. The predicted octanol–water partition coefficient (Wildman–Crippen LogP) is 3.03. The summed E-state index contributed by atoms with van der Waals surface area (Å²) < 4.78 is 27.6. The normalized spacial score (nSPS) is 15.0. The molecular weight excluding hydrogens is 400 g/mol. The minimum absolute atomic E-state index is 0.0689. The molecule has 0 spiro atoms. The Balaban J connectivity index is 1.72. The molecule has 0 unspecified atom stereocenters. The van der Waals surface area contributed by atoms with E-state index < -0.39 is 15.9 Å². The van der Waals surface area contributed by atoms with E-state index in [-0.39, 0.29) is 17.0 Å². The summed E-state index contributed by atoms with van der Waals surface area (Å²) >= 11 is 0. The molecule has 8 heteroatoms. The molecule has 1 aliphatic rings. The Bertz CT molecular complexity index is 951. The number of anilines is 1. The Morgan fingerprint density at radius 2 is 1.77 bits per heavy atom. The molecule has 0 saturated carbocycles. The molecule has 162 valence electrons. The molecule has 1 aromatic heterocycles. The average molecular weight is 431 g/mol. The number of carbonyl (C=O) groups is 1. The second-order valence-electron chi connectivity index (χ2n) is 7.34. The Hall–Kier alpha value is -2.45. The number of carbonyl (C=O) groups excluding carboxylic acids is 1. The van der Waals surface area contributed by atoms with Gasteiger partial charge in [-0.05, 0) is 50.5 Å². The van der Waals surface area contributed by atoms with Gasteiger partial charge in [-0.25, -0.2) is 13.4 Å². The van der Waals surface area contributed by atoms with Crippen molar-refractivity contribution in [2.45, 2.75) is 44.6 Å². The molecule has 0 bridgehead atoms. The van der Waals surface area contributed by atoms with Gasteiger partial charge < -0.3 is 10.2 Å². The van der Waals surface area contributed by atoms with Gasteiger partial charge in [0.1, 0.15) is 5.82 Å². The van der Waals surface area contributed by atoms with Crippen LogP contribution in [0.3, 0.4) is 0 Å². The molecule has 2 heterocycles. The van der Waals surface area contributed by atoms with Crippen molar-refractivity contribution in [2.24, 2.45) is 0 Å². The fraction of sp³-hybridized carbons (Fsp3) is 0.455. The van der Waals surface area contributed by atoms with Crippen molar-refractivity contribution in [3.63, 3.8) is 0 Å². The standard InChI is InChI=1S/C22H30N4O3S/c1-3-25(4-2)21-13-12-18(16-23-21)17-24-22(27)19-10-6-7-11-20(19)30(28,29)26-14-8-5-9-15-26/h6-7,10-13,16H,3-5,8-9,14-15,17H2,1-2H3,(H,24,27). The van der Waals surface area contributed by atoms with Crippen LogP contribution in [0.1, 0.15) is 49.0 Å². The topological polar surface area (TPSA) is 82.6 Å². The number of piperidine rings is 1. The second kappa shape index (κ2) is 10.0. The summed E-state index contributed by atoms with van der Waals surface area (Å²) in [6, 6.07) is 10.3. The number of aromatic nitrogens is 1. The summed E-state index contributed by atoms with van der Waals surface area (Å²) in [6.07, 6.45) is 4.48. The number of nitrogens with one attached hydrogen (secondary N) is 1. The largest absolute Gasteiger partial charge is 0.357 e. The van der Waals surface area contributed by atoms with E-state index >= 15 is 0 Å². The van der Waals surface area contributed by atoms with E-state index in [4.69, 9.17) is 0 Å². The van der Waals surface area contributed by atoms with Crippen LogP contribution in [0.15, 0.2) is 47.5 Å². The molecule has 2 aromatic rings. The van der Waals surface area contributed by atoms with Gasteiger partial charge in [0.15, 0.2) is 0 Å². The van der Waals surface area contributed by atoms with Crippen LogP contribution in [0.2, 0.25) is 0 Å². The van der Waals surface area contributed by atoms with E-state index in [1.54, 1.807) is 24.4 Å². The fourth-order valence-corrected chi connectivity index (χ4v) is 5.36. The summed E-state index contributed by atoms with van der Waals surface area (Å²) in [6.45, 7) is 7.20. The van der Waals surface area contributed by atoms with E-state index in [0.717, 1.165) is 43.7 Å². The minimum atomic E-state index is -3.69. The molecule has 1 amide bonds. The van der Waals surface area contributed by atoms with Gasteiger partial charge in [0.25, 0.3) is 5.91 Å². The highest BCUT2D eigenvalue weighted by atomic mass is 32.2. The van der Waals surface area contributed by atoms with Crippen LogP contribution < -0.4 is 10.2 Å². The van der Waals surface area contributed by atoms with Crippen LogP contribution in [0.25, 0.3) is 0 Å². The van der Waals surface area contributed by atoms with E-state index in [9.17, 15) is 13.2 Å². The molecule has 30 heavy (non-hydrogen) atoms. The lowest BCUT2D eigenvalue weighted by Crippen LogP contribution is -2.37.